The zero-order valence-corrected chi connectivity index (χ0v) is 17.7. The molecule has 0 aromatic heterocycles. The van der Waals surface area contributed by atoms with Crippen molar-refractivity contribution in [1.82, 2.24) is 8.61 Å². The number of piperazine rings is 1. The molecule has 0 N–H and O–H groups in total. The average molecular weight is 476 g/mol. The van der Waals surface area contributed by atoms with Gasteiger partial charge >= 0.3 is 6.36 Å². The standard InChI is InChI=1S/C19H19F3N2O5S2/c20-19(21,22)29-17-6-8-18(9-7-17)31(27,28)24-13-11-23(12-14-24)30(25,26)15-10-16-4-2-1-3-5-16/h1-10,15H,11-14H2/b15-10+. The summed E-state index contributed by atoms with van der Waals surface area (Å²) in [5.41, 5.74) is 0.713. The molecular weight excluding hydrogens is 457 g/mol. The number of sulfonamides is 2. The van der Waals surface area contributed by atoms with Crippen molar-refractivity contribution in [3.05, 3.63) is 65.6 Å². The molecule has 2 aromatic rings. The maximum absolute atomic E-state index is 12.7. The van der Waals surface area contributed by atoms with Gasteiger partial charge < -0.3 is 4.74 Å². The van der Waals surface area contributed by atoms with Gasteiger partial charge in [0.1, 0.15) is 5.75 Å². The van der Waals surface area contributed by atoms with Crippen LogP contribution in [0.3, 0.4) is 0 Å². The van der Waals surface area contributed by atoms with Crippen LogP contribution in [-0.2, 0) is 20.0 Å². The van der Waals surface area contributed by atoms with Crippen LogP contribution in [0.4, 0.5) is 13.2 Å². The summed E-state index contributed by atoms with van der Waals surface area (Å²) in [6.45, 7) is -0.255. The van der Waals surface area contributed by atoms with Crippen LogP contribution < -0.4 is 4.74 Å². The summed E-state index contributed by atoms with van der Waals surface area (Å²) in [4.78, 5) is -0.206. The molecule has 1 aliphatic rings. The minimum Gasteiger partial charge on any atom is -0.406 e. The Balaban J connectivity index is 1.65. The van der Waals surface area contributed by atoms with Gasteiger partial charge in [-0.25, -0.2) is 16.8 Å². The van der Waals surface area contributed by atoms with E-state index in [1.165, 1.54) is 10.4 Å². The summed E-state index contributed by atoms with van der Waals surface area (Å²) < 4.78 is 93.2. The highest BCUT2D eigenvalue weighted by molar-refractivity contribution is 7.92. The zero-order chi connectivity index (χ0) is 22.7. The number of rotatable bonds is 6. The third-order valence-electron chi connectivity index (χ3n) is 4.48. The van der Waals surface area contributed by atoms with Crippen molar-refractivity contribution in [2.45, 2.75) is 11.3 Å². The molecule has 1 saturated heterocycles. The van der Waals surface area contributed by atoms with Gasteiger partial charge in [0.2, 0.25) is 20.0 Å². The van der Waals surface area contributed by atoms with Gasteiger partial charge in [-0.1, -0.05) is 30.3 Å². The Labute approximate surface area is 178 Å². The third kappa shape index (κ3) is 6.06. The zero-order valence-electron chi connectivity index (χ0n) is 16.1. The van der Waals surface area contributed by atoms with Crippen molar-refractivity contribution in [2.24, 2.45) is 0 Å². The molecule has 3 rings (SSSR count). The molecule has 2 aromatic carbocycles. The number of ether oxygens (including phenoxy) is 1. The van der Waals surface area contributed by atoms with Crippen LogP contribution in [-0.4, -0.2) is 58.0 Å². The Morgan fingerprint density at radius 2 is 1.35 bits per heavy atom. The second kappa shape index (κ2) is 8.99. The number of alkyl halides is 3. The van der Waals surface area contributed by atoms with Crippen LogP contribution in [0.25, 0.3) is 6.08 Å². The van der Waals surface area contributed by atoms with Gasteiger partial charge in [-0.15, -0.1) is 13.2 Å². The van der Waals surface area contributed by atoms with E-state index in [1.54, 1.807) is 24.3 Å². The van der Waals surface area contributed by atoms with Crippen LogP contribution in [0.1, 0.15) is 5.56 Å². The summed E-state index contributed by atoms with van der Waals surface area (Å²) in [6.07, 6.45) is -3.42. The maximum atomic E-state index is 12.7. The minimum absolute atomic E-state index is 0.0457. The number of halogens is 3. The van der Waals surface area contributed by atoms with E-state index in [0.717, 1.165) is 34.0 Å². The highest BCUT2D eigenvalue weighted by atomic mass is 32.2. The largest absolute Gasteiger partial charge is 0.573 e. The van der Waals surface area contributed by atoms with Crippen molar-refractivity contribution in [3.63, 3.8) is 0 Å². The van der Waals surface area contributed by atoms with Crippen LogP contribution >= 0.6 is 0 Å². The van der Waals surface area contributed by atoms with E-state index in [9.17, 15) is 30.0 Å². The minimum atomic E-state index is -4.88. The molecule has 31 heavy (non-hydrogen) atoms. The molecular formula is C19H19F3N2O5S2. The summed E-state index contributed by atoms with van der Waals surface area (Å²) >= 11 is 0. The van der Waals surface area contributed by atoms with Crippen molar-refractivity contribution >= 4 is 26.1 Å². The normalized spacial score (nSPS) is 17.1. The monoisotopic (exact) mass is 476 g/mol. The molecule has 0 bridgehead atoms. The van der Waals surface area contributed by atoms with Gasteiger partial charge in [0, 0.05) is 31.6 Å². The van der Waals surface area contributed by atoms with Gasteiger partial charge in [0.05, 0.1) is 4.90 Å². The van der Waals surface area contributed by atoms with Crippen LogP contribution in [0.15, 0.2) is 64.9 Å². The molecule has 0 aliphatic carbocycles. The number of hydrogen-bond acceptors (Lipinski definition) is 5. The van der Waals surface area contributed by atoms with E-state index in [1.807, 2.05) is 6.07 Å². The lowest BCUT2D eigenvalue weighted by molar-refractivity contribution is -0.274. The number of benzene rings is 2. The smallest absolute Gasteiger partial charge is 0.406 e. The molecule has 1 heterocycles. The summed E-state index contributed by atoms with van der Waals surface area (Å²) in [6, 6.07) is 12.7. The molecule has 1 fully saturated rings. The summed E-state index contributed by atoms with van der Waals surface area (Å²) in [7, 11) is -7.72. The van der Waals surface area contributed by atoms with Gasteiger partial charge in [-0.3, -0.25) is 0 Å². The molecule has 0 atom stereocenters. The van der Waals surface area contributed by atoms with Crippen molar-refractivity contribution in [3.8, 4) is 5.75 Å². The first kappa shape index (κ1) is 23.3. The fourth-order valence-electron chi connectivity index (χ4n) is 2.94. The van der Waals surface area contributed by atoms with Crippen molar-refractivity contribution in [2.75, 3.05) is 26.2 Å². The number of nitrogens with zero attached hydrogens (tertiary/aromatic N) is 2. The van der Waals surface area contributed by atoms with Gasteiger partial charge in [0.25, 0.3) is 0 Å². The van der Waals surface area contributed by atoms with E-state index in [4.69, 9.17) is 0 Å². The summed E-state index contributed by atoms with van der Waals surface area (Å²) in [5, 5.41) is 1.08. The Hall–Kier alpha value is -2.41. The molecule has 7 nitrogen and oxygen atoms in total. The SMILES string of the molecule is O=S(=O)(/C=C/c1ccccc1)N1CCN(S(=O)(=O)c2ccc(OC(F)(F)F)cc2)CC1. The Morgan fingerprint density at radius 1 is 0.806 bits per heavy atom. The topological polar surface area (TPSA) is 84.0 Å². The molecule has 0 spiro atoms. The quantitative estimate of drug-likeness (QED) is 0.640. The first-order chi connectivity index (χ1) is 14.5. The molecule has 168 valence electrons. The number of hydrogen-bond donors (Lipinski definition) is 0. The molecule has 1 aliphatic heterocycles. The van der Waals surface area contributed by atoms with Gasteiger partial charge in [-0.05, 0) is 35.9 Å². The predicted molar refractivity (Wildman–Crippen MR) is 108 cm³/mol. The first-order valence-electron chi connectivity index (χ1n) is 9.07. The fourth-order valence-corrected chi connectivity index (χ4v) is 5.54. The highest BCUT2D eigenvalue weighted by Crippen LogP contribution is 2.25. The Kier molecular flexibility index (Phi) is 6.74. The van der Waals surface area contributed by atoms with Crippen LogP contribution in [0.5, 0.6) is 5.75 Å². The Bertz CT molecular complexity index is 1130. The summed E-state index contributed by atoms with van der Waals surface area (Å²) in [5.74, 6) is -0.535. The first-order valence-corrected chi connectivity index (χ1v) is 12.0. The third-order valence-corrected chi connectivity index (χ3v) is 7.96. The van der Waals surface area contributed by atoms with Crippen LogP contribution in [0.2, 0.25) is 0 Å². The Morgan fingerprint density at radius 3 is 1.90 bits per heavy atom. The van der Waals surface area contributed by atoms with E-state index < -0.39 is 32.2 Å². The van der Waals surface area contributed by atoms with E-state index in [0.29, 0.717) is 5.56 Å². The molecule has 0 unspecified atom stereocenters. The lowest BCUT2D eigenvalue weighted by Crippen LogP contribution is -2.49. The van der Waals surface area contributed by atoms with Crippen molar-refractivity contribution < 1.29 is 34.7 Å². The lowest BCUT2D eigenvalue weighted by Gasteiger charge is -2.32. The van der Waals surface area contributed by atoms with Gasteiger partial charge in [-0.2, -0.15) is 8.61 Å². The second-order valence-corrected chi connectivity index (χ2v) is 10.3. The van der Waals surface area contributed by atoms with E-state index in [2.05, 4.69) is 4.74 Å². The average Bonchev–Trinajstić information content (AvgIpc) is 2.72. The molecule has 0 radical (unpaired) electrons. The van der Waals surface area contributed by atoms with Crippen molar-refractivity contribution in [1.29, 1.82) is 0 Å². The highest BCUT2D eigenvalue weighted by Gasteiger charge is 2.33. The fraction of sp³-hybridized carbons (Fsp3) is 0.263. The predicted octanol–water partition coefficient (Wildman–Crippen LogP) is 2.89. The van der Waals surface area contributed by atoms with Crippen LogP contribution in [0, 0.1) is 0 Å². The van der Waals surface area contributed by atoms with Gasteiger partial charge in [0.15, 0.2) is 0 Å². The molecule has 0 amide bonds. The molecule has 12 heteroatoms. The molecule has 0 saturated carbocycles. The van der Waals surface area contributed by atoms with E-state index in [-0.39, 0.29) is 31.1 Å². The maximum Gasteiger partial charge on any atom is 0.573 e. The second-order valence-electron chi connectivity index (χ2n) is 6.58. The van der Waals surface area contributed by atoms with E-state index >= 15 is 0 Å². The lowest BCUT2D eigenvalue weighted by atomic mass is 10.2.